The van der Waals surface area contributed by atoms with Gasteiger partial charge >= 0.3 is 0 Å². The molecule has 2 saturated carbocycles. The summed E-state index contributed by atoms with van der Waals surface area (Å²) in [5, 5.41) is 17.8. The van der Waals surface area contributed by atoms with E-state index >= 15 is 0 Å². The van der Waals surface area contributed by atoms with E-state index in [0.29, 0.717) is 35.9 Å². The first-order valence-corrected chi connectivity index (χ1v) is 10.9. The number of nitrogens with one attached hydrogen (secondary N) is 2. The van der Waals surface area contributed by atoms with Crippen molar-refractivity contribution in [2.24, 2.45) is 16.3 Å². The number of rotatable bonds is 5. The fourth-order valence-electron chi connectivity index (χ4n) is 5.08. The summed E-state index contributed by atoms with van der Waals surface area (Å²) in [4.78, 5) is 4.81. The molecule has 7 heteroatoms. The van der Waals surface area contributed by atoms with Gasteiger partial charge in [0.25, 0.3) is 0 Å². The number of aromatic nitrogens is 2. The van der Waals surface area contributed by atoms with Gasteiger partial charge in [-0.3, -0.25) is 0 Å². The molecule has 2 aliphatic carbocycles. The van der Waals surface area contributed by atoms with Gasteiger partial charge in [-0.25, -0.2) is 4.99 Å². The molecule has 0 radical (unpaired) electrons. The second-order valence-corrected chi connectivity index (χ2v) is 9.28. The van der Waals surface area contributed by atoms with E-state index in [-0.39, 0.29) is 0 Å². The quantitative estimate of drug-likeness (QED) is 0.609. The van der Waals surface area contributed by atoms with Gasteiger partial charge in [-0.15, -0.1) is 10.2 Å². The number of hydrogen-bond donors (Lipinski definition) is 2. The van der Waals surface area contributed by atoms with Crippen molar-refractivity contribution in [3.8, 4) is 0 Å². The molecule has 3 fully saturated rings. The molecule has 3 unspecified atom stereocenters. The highest BCUT2D eigenvalue weighted by Gasteiger charge is 2.65. The molecule has 1 aromatic rings. The second-order valence-electron chi connectivity index (χ2n) is 8.19. The van der Waals surface area contributed by atoms with Gasteiger partial charge in [0.15, 0.2) is 5.96 Å². The van der Waals surface area contributed by atoms with Crippen LogP contribution in [0.25, 0.3) is 0 Å². The van der Waals surface area contributed by atoms with E-state index in [1.807, 2.05) is 0 Å². The van der Waals surface area contributed by atoms with Crippen LogP contribution in [0.15, 0.2) is 4.99 Å². The van der Waals surface area contributed by atoms with Gasteiger partial charge in [0.1, 0.15) is 10.0 Å². The van der Waals surface area contributed by atoms with E-state index < -0.39 is 0 Å². The summed E-state index contributed by atoms with van der Waals surface area (Å²) in [5.74, 6) is 1.98. The average Bonchev–Trinajstić information content (AvgIpc) is 3.36. The summed E-state index contributed by atoms with van der Waals surface area (Å²) >= 11 is 1.67. The predicted molar refractivity (Wildman–Crippen MR) is 104 cm³/mol. The molecule has 26 heavy (non-hydrogen) atoms. The van der Waals surface area contributed by atoms with Crippen LogP contribution in [0.2, 0.25) is 0 Å². The van der Waals surface area contributed by atoms with Gasteiger partial charge < -0.3 is 15.4 Å². The van der Waals surface area contributed by atoms with E-state index in [4.69, 9.17) is 9.73 Å². The zero-order valence-corrected chi connectivity index (χ0v) is 16.9. The zero-order chi connectivity index (χ0) is 18.1. The van der Waals surface area contributed by atoms with E-state index in [0.717, 1.165) is 29.1 Å². The molecule has 2 heterocycles. The van der Waals surface area contributed by atoms with Crippen molar-refractivity contribution in [3.05, 3.63) is 10.0 Å². The fourth-order valence-corrected chi connectivity index (χ4v) is 5.85. The summed E-state index contributed by atoms with van der Waals surface area (Å²) in [6, 6.07) is 0.496. The molecule has 2 N–H and O–H groups in total. The summed E-state index contributed by atoms with van der Waals surface area (Å²) < 4.78 is 6.10. The fraction of sp³-hybridized carbons (Fsp3) is 0.842. The Morgan fingerprint density at radius 2 is 2.15 bits per heavy atom. The van der Waals surface area contributed by atoms with Crippen molar-refractivity contribution in [1.82, 2.24) is 20.8 Å². The normalized spacial score (nSPS) is 29.8. The minimum atomic E-state index is 0.338. The third-order valence-electron chi connectivity index (χ3n) is 6.27. The van der Waals surface area contributed by atoms with E-state index in [1.165, 1.54) is 32.1 Å². The van der Waals surface area contributed by atoms with Crippen LogP contribution in [0.3, 0.4) is 0 Å². The Kier molecular flexibility index (Phi) is 5.19. The molecule has 1 aromatic heterocycles. The Morgan fingerprint density at radius 1 is 1.35 bits per heavy atom. The van der Waals surface area contributed by atoms with Crippen LogP contribution < -0.4 is 10.6 Å². The minimum Gasteiger partial charge on any atom is -0.377 e. The molecule has 4 rings (SSSR count). The molecule has 1 saturated heterocycles. The maximum Gasteiger partial charge on any atom is 0.191 e. The molecule has 3 aliphatic rings. The number of nitrogens with zero attached hydrogens (tertiary/aromatic N) is 3. The summed E-state index contributed by atoms with van der Waals surface area (Å²) in [7, 11) is 0. The van der Waals surface area contributed by atoms with Crippen molar-refractivity contribution in [2.75, 3.05) is 13.2 Å². The standard InChI is InChI=1S/C19H31N5OS/c1-4-20-18(21-11-14-23-24-17(26-14)12(2)3)22-15-13-7-10-25-16(13)19(15)8-5-6-9-19/h12-13,15-16H,4-11H2,1-3H3,(H2,20,21,22). The average molecular weight is 378 g/mol. The summed E-state index contributed by atoms with van der Waals surface area (Å²) in [6.45, 7) is 8.79. The maximum absolute atomic E-state index is 6.10. The molecule has 6 nitrogen and oxygen atoms in total. The first kappa shape index (κ1) is 18.2. The Morgan fingerprint density at radius 3 is 2.85 bits per heavy atom. The van der Waals surface area contributed by atoms with Crippen molar-refractivity contribution in [3.63, 3.8) is 0 Å². The lowest BCUT2D eigenvalue weighted by molar-refractivity contribution is -0.125. The summed E-state index contributed by atoms with van der Waals surface area (Å²) in [5.41, 5.74) is 0.338. The smallest absolute Gasteiger partial charge is 0.191 e. The van der Waals surface area contributed by atoms with E-state index in [1.54, 1.807) is 11.3 Å². The van der Waals surface area contributed by atoms with Gasteiger partial charge in [0, 0.05) is 36.4 Å². The highest BCUT2D eigenvalue weighted by molar-refractivity contribution is 7.11. The third kappa shape index (κ3) is 3.13. The number of ether oxygens (including phenoxy) is 1. The zero-order valence-electron chi connectivity index (χ0n) is 16.1. The molecular weight excluding hydrogens is 346 g/mol. The van der Waals surface area contributed by atoms with Crippen LogP contribution in [0.4, 0.5) is 0 Å². The van der Waals surface area contributed by atoms with Crippen molar-refractivity contribution in [1.29, 1.82) is 0 Å². The van der Waals surface area contributed by atoms with Crippen LogP contribution in [0.5, 0.6) is 0 Å². The largest absolute Gasteiger partial charge is 0.377 e. The molecule has 1 spiro atoms. The van der Waals surface area contributed by atoms with Crippen LogP contribution in [0.1, 0.15) is 68.8 Å². The molecule has 0 amide bonds. The molecule has 0 aromatic carbocycles. The Bertz CT molecular complexity index is 652. The monoisotopic (exact) mass is 377 g/mol. The highest BCUT2D eigenvalue weighted by atomic mass is 32.1. The second kappa shape index (κ2) is 7.43. The van der Waals surface area contributed by atoms with E-state index in [2.05, 4.69) is 41.6 Å². The Balaban J connectivity index is 1.46. The predicted octanol–water partition coefficient (Wildman–Crippen LogP) is 3.06. The topological polar surface area (TPSA) is 71.4 Å². The van der Waals surface area contributed by atoms with Crippen LogP contribution >= 0.6 is 11.3 Å². The lowest BCUT2D eigenvalue weighted by Crippen LogP contribution is -2.69. The Labute approximate surface area is 160 Å². The molecule has 0 bridgehead atoms. The number of aliphatic imine (C=N–C) groups is 1. The van der Waals surface area contributed by atoms with Crippen molar-refractivity contribution in [2.45, 2.75) is 77.5 Å². The lowest BCUT2D eigenvalue weighted by atomic mass is 9.54. The summed E-state index contributed by atoms with van der Waals surface area (Å²) in [6.07, 6.45) is 6.90. The van der Waals surface area contributed by atoms with E-state index in [9.17, 15) is 0 Å². The van der Waals surface area contributed by atoms with Gasteiger partial charge in [-0.2, -0.15) is 0 Å². The van der Waals surface area contributed by atoms with Crippen molar-refractivity contribution < 1.29 is 4.74 Å². The number of guanidine groups is 1. The van der Waals surface area contributed by atoms with Gasteiger partial charge in [0.05, 0.1) is 12.6 Å². The van der Waals surface area contributed by atoms with Gasteiger partial charge in [-0.05, 0) is 26.2 Å². The molecule has 1 aliphatic heterocycles. The first-order valence-electron chi connectivity index (χ1n) is 10.1. The molecule has 3 atom stereocenters. The van der Waals surface area contributed by atoms with Gasteiger partial charge in [-0.1, -0.05) is 38.0 Å². The minimum absolute atomic E-state index is 0.338. The van der Waals surface area contributed by atoms with Crippen molar-refractivity contribution >= 4 is 17.3 Å². The van der Waals surface area contributed by atoms with Crippen LogP contribution in [0, 0.1) is 11.3 Å². The van der Waals surface area contributed by atoms with Crippen LogP contribution in [-0.2, 0) is 11.3 Å². The van der Waals surface area contributed by atoms with Crippen LogP contribution in [-0.4, -0.2) is 41.5 Å². The maximum atomic E-state index is 6.10. The lowest BCUT2D eigenvalue weighted by Gasteiger charge is -2.57. The Hall–Kier alpha value is -1.21. The highest BCUT2D eigenvalue weighted by Crippen LogP contribution is 2.60. The van der Waals surface area contributed by atoms with Gasteiger partial charge in [0.2, 0.25) is 0 Å². The first-order chi connectivity index (χ1) is 12.6. The number of hydrogen-bond acceptors (Lipinski definition) is 5. The third-order valence-corrected chi connectivity index (χ3v) is 7.48. The molecular formula is C19H31N5OS. The number of fused-ring (bicyclic) bond motifs is 2. The molecule has 144 valence electrons. The SMILES string of the molecule is CCNC(=NCc1nnc(C(C)C)s1)NC1C2CCOC2C12CCCC2.